The van der Waals surface area contributed by atoms with Crippen molar-refractivity contribution >= 4 is 6.47 Å². The SMILES string of the molecule is N[C@H]1CCC(F)(F)C1.O=COCc1ccccc1. The van der Waals surface area contributed by atoms with E-state index in [1.54, 1.807) is 0 Å². The number of halogens is 2. The van der Waals surface area contributed by atoms with E-state index in [0.717, 1.165) is 5.56 Å². The molecule has 1 aromatic rings. The highest BCUT2D eigenvalue weighted by Crippen LogP contribution is 2.33. The highest BCUT2D eigenvalue weighted by Gasteiger charge is 2.37. The van der Waals surface area contributed by atoms with Gasteiger partial charge in [-0.05, 0) is 12.0 Å². The van der Waals surface area contributed by atoms with E-state index >= 15 is 0 Å². The van der Waals surface area contributed by atoms with E-state index in [0.29, 0.717) is 19.5 Å². The first-order valence-electron chi connectivity index (χ1n) is 5.76. The van der Waals surface area contributed by atoms with Crippen LogP contribution in [0.4, 0.5) is 8.78 Å². The van der Waals surface area contributed by atoms with Gasteiger partial charge in [-0.15, -0.1) is 0 Å². The summed E-state index contributed by atoms with van der Waals surface area (Å²) in [6, 6.07) is 9.29. The minimum absolute atomic E-state index is 0.0197. The van der Waals surface area contributed by atoms with E-state index in [1.165, 1.54) is 0 Å². The first kappa shape index (κ1) is 14.6. The summed E-state index contributed by atoms with van der Waals surface area (Å²) in [5.41, 5.74) is 6.24. The second-order valence-electron chi connectivity index (χ2n) is 4.25. The van der Waals surface area contributed by atoms with Gasteiger partial charge in [0, 0.05) is 18.9 Å². The van der Waals surface area contributed by atoms with Gasteiger partial charge >= 0.3 is 0 Å². The fourth-order valence-electron chi connectivity index (χ4n) is 1.69. The highest BCUT2D eigenvalue weighted by molar-refractivity contribution is 5.37. The predicted octanol–water partition coefficient (Wildman–Crippen LogP) is 2.49. The molecule has 0 aliphatic heterocycles. The molecule has 0 spiro atoms. The first-order valence-corrected chi connectivity index (χ1v) is 5.76. The molecule has 1 aromatic carbocycles. The predicted molar refractivity (Wildman–Crippen MR) is 64.1 cm³/mol. The van der Waals surface area contributed by atoms with Gasteiger partial charge in [0.2, 0.25) is 5.92 Å². The molecule has 2 N–H and O–H groups in total. The number of ether oxygens (including phenoxy) is 1. The Hall–Kier alpha value is -1.49. The van der Waals surface area contributed by atoms with Crippen LogP contribution in [0.2, 0.25) is 0 Å². The Morgan fingerprint density at radius 1 is 1.39 bits per heavy atom. The summed E-state index contributed by atoms with van der Waals surface area (Å²) in [6.45, 7) is 0.817. The fraction of sp³-hybridized carbons (Fsp3) is 0.462. The summed E-state index contributed by atoms with van der Waals surface area (Å²) >= 11 is 0. The third-order valence-electron chi connectivity index (χ3n) is 2.60. The number of carbonyl (C=O) groups excluding carboxylic acids is 1. The van der Waals surface area contributed by atoms with Crippen LogP contribution in [-0.2, 0) is 16.1 Å². The molecular formula is C13H17F2NO2. The molecule has 2 rings (SSSR count). The van der Waals surface area contributed by atoms with Crippen molar-refractivity contribution in [2.24, 2.45) is 5.73 Å². The molecule has 1 fully saturated rings. The van der Waals surface area contributed by atoms with Crippen LogP contribution in [0.3, 0.4) is 0 Å². The van der Waals surface area contributed by atoms with E-state index in [1.807, 2.05) is 30.3 Å². The lowest BCUT2D eigenvalue weighted by Gasteiger charge is -2.04. The van der Waals surface area contributed by atoms with Crippen molar-refractivity contribution in [1.82, 2.24) is 0 Å². The van der Waals surface area contributed by atoms with Gasteiger partial charge in [-0.3, -0.25) is 4.79 Å². The van der Waals surface area contributed by atoms with Gasteiger partial charge in [0.05, 0.1) is 0 Å². The molecule has 0 aromatic heterocycles. The van der Waals surface area contributed by atoms with Crippen LogP contribution in [0.25, 0.3) is 0 Å². The molecule has 3 nitrogen and oxygen atoms in total. The van der Waals surface area contributed by atoms with Crippen LogP contribution in [0, 0.1) is 0 Å². The summed E-state index contributed by atoms with van der Waals surface area (Å²) in [6.07, 6.45) is 0.341. The van der Waals surface area contributed by atoms with Gasteiger partial charge in [-0.1, -0.05) is 30.3 Å². The minimum atomic E-state index is -2.46. The molecule has 0 radical (unpaired) electrons. The Labute approximate surface area is 105 Å². The molecule has 0 bridgehead atoms. The van der Waals surface area contributed by atoms with Gasteiger partial charge in [0.25, 0.3) is 6.47 Å². The summed E-state index contributed by atoms with van der Waals surface area (Å²) < 4.78 is 28.8. The number of hydrogen-bond acceptors (Lipinski definition) is 3. The molecule has 18 heavy (non-hydrogen) atoms. The molecule has 1 aliphatic carbocycles. The Morgan fingerprint density at radius 2 is 2.06 bits per heavy atom. The number of carbonyl (C=O) groups is 1. The van der Waals surface area contributed by atoms with Crippen LogP contribution < -0.4 is 5.73 Å². The zero-order valence-corrected chi connectivity index (χ0v) is 10.0. The maximum Gasteiger partial charge on any atom is 0.293 e. The molecule has 5 heteroatoms. The quantitative estimate of drug-likeness (QED) is 0.846. The molecule has 0 unspecified atom stereocenters. The first-order chi connectivity index (χ1) is 8.53. The normalized spacial score (nSPS) is 20.7. The van der Waals surface area contributed by atoms with Crippen molar-refractivity contribution in [3.63, 3.8) is 0 Å². The largest absolute Gasteiger partial charge is 0.463 e. The Kier molecular flexibility index (Phi) is 5.71. The van der Waals surface area contributed by atoms with Gasteiger partial charge in [0.1, 0.15) is 6.61 Å². The van der Waals surface area contributed by atoms with Crippen LogP contribution >= 0.6 is 0 Å². The minimum Gasteiger partial charge on any atom is -0.463 e. The number of rotatable bonds is 3. The number of hydrogen-bond donors (Lipinski definition) is 1. The number of benzene rings is 1. The van der Waals surface area contributed by atoms with E-state index in [-0.39, 0.29) is 18.9 Å². The van der Waals surface area contributed by atoms with Crippen molar-refractivity contribution in [3.8, 4) is 0 Å². The van der Waals surface area contributed by atoms with Crippen molar-refractivity contribution in [2.45, 2.75) is 37.8 Å². The van der Waals surface area contributed by atoms with Crippen molar-refractivity contribution in [1.29, 1.82) is 0 Å². The lowest BCUT2D eigenvalue weighted by molar-refractivity contribution is -0.129. The average Bonchev–Trinajstić information content (AvgIpc) is 2.67. The molecule has 0 saturated heterocycles. The van der Waals surface area contributed by atoms with Gasteiger partial charge in [0.15, 0.2) is 0 Å². The molecule has 100 valence electrons. The lowest BCUT2D eigenvalue weighted by Crippen LogP contribution is -2.18. The van der Waals surface area contributed by atoms with E-state index < -0.39 is 5.92 Å². The summed E-state index contributed by atoms with van der Waals surface area (Å²) in [4.78, 5) is 9.76. The lowest BCUT2D eigenvalue weighted by atomic mass is 10.2. The maximum atomic E-state index is 12.1. The monoisotopic (exact) mass is 257 g/mol. The molecule has 1 atom stereocenters. The van der Waals surface area contributed by atoms with Crippen LogP contribution in [-0.4, -0.2) is 18.4 Å². The Bertz CT molecular complexity index is 357. The van der Waals surface area contributed by atoms with Crippen molar-refractivity contribution in [2.75, 3.05) is 0 Å². The molecule has 0 heterocycles. The second-order valence-corrected chi connectivity index (χ2v) is 4.25. The number of alkyl halides is 2. The second kappa shape index (κ2) is 7.06. The number of nitrogens with two attached hydrogens (primary N) is 1. The van der Waals surface area contributed by atoms with Crippen LogP contribution in [0.5, 0.6) is 0 Å². The van der Waals surface area contributed by atoms with Gasteiger partial charge in [-0.25, -0.2) is 8.78 Å². The standard InChI is InChI=1S/C8H8O2.C5H9F2N/c9-7-10-6-8-4-2-1-3-5-8;6-5(7)2-1-4(8)3-5/h1-5,7H,6H2;4H,1-3,8H2/t;4-/m.0/s1. The molecule has 1 aliphatic rings. The smallest absolute Gasteiger partial charge is 0.293 e. The van der Waals surface area contributed by atoms with Gasteiger partial charge in [-0.2, -0.15) is 0 Å². The Balaban J connectivity index is 0.000000184. The summed E-state index contributed by atoms with van der Waals surface area (Å²) in [7, 11) is 0. The van der Waals surface area contributed by atoms with Crippen LogP contribution in [0.1, 0.15) is 24.8 Å². The van der Waals surface area contributed by atoms with Crippen LogP contribution in [0.15, 0.2) is 30.3 Å². The molecule has 1 saturated carbocycles. The summed E-state index contributed by atoms with van der Waals surface area (Å²) in [5, 5.41) is 0. The average molecular weight is 257 g/mol. The highest BCUT2D eigenvalue weighted by atomic mass is 19.3. The van der Waals surface area contributed by atoms with Crippen molar-refractivity contribution < 1.29 is 18.3 Å². The van der Waals surface area contributed by atoms with E-state index in [4.69, 9.17) is 5.73 Å². The van der Waals surface area contributed by atoms with E-state index in [9.17, 15) is 13.6 Å². The van der Waals surface area contributed by atoms with Crippen molar-refractivity contribution in [3.05, 3.63) is 35.9 Å². The molecule has 0 amide bonds. The van der Waals surface area contributed by atoms with E-state index in [2.05, 4.69) is 4.74 Å². The zero-order valence-electron chi connectivity index (χ0n) is 10.0. The Morgan fingerprint density at radius 3 is 2.44 bits per heavy atom. The fourth-order valence-corrected chi connectivity index (χ4v) is 1.69. The maximum absolute atomic E-state index is 12.1. The topological polar surface area (TPSA) is 52.3 Å². The third kappa shape index (κ3) is 5.72. The molecular weight excluding hydrogens is 240 g/mol. The summed E-state index contributed by atoms with van der Waals surface area (Å²) in [5.74, 6) is -2.46. The van der Waals surface area contributed by atoms with Gasteiger partial charge < -0.3 is 10.5 Å². The third-order valence-corrected chi connectivity index (χ3v) is 2.60. The zero-order chi connectivity index (χ0) is 13.4.